The molecule has 0 aliphatic heterocycles. The first-order valence-electron chi connectivity index (χ1n) is 10.7. The third-order valence-electron chi connectivity index (χ3n) is 5.30. The smallest absolute Gasteiger partial charge is 0.255 e. The monoisotopic (exact) mass is 507 g/mol. The minimum Gasteiger partial charge on any atom is -0.507 e. The summed E-state index contributed by atoms with van der Waals surface area (Å²) in [4.78, 5) is 12.7. The minimum atomic E-state index is -4.00. The average molecular weight is 508 g/mol. The molecule has 0 fully saturated rings. The van der Waals surface area contributed by atoms with Crippen LogP contribution < -0.4 is 5.43 Å². The highest BCUT2D eigenvalue weighted by atomic mass is 35.5. The number of carbonyl (C=O) groups excluding carboxylic acids is 1. The molecule has 0 unspecified atom stereocenters. The lowest BCUT2D eigenvalue weighted by atomic mass is 10.0. The van der Waals surface area contributed by atoms with Gasteiger partial charge in [-0.1, -0.05) is 72.3 Å². The van der Waals surface area contributed by atoms with E-state index < -0.39 is 22.5 Å². The standard InChI is InChI=1S/C26H22ClN3O4S/c27-21-11-13-22(14-12-21)35(33,34)30(17-19-6-2-1-3-7-19)18-26(32)29-28-16-24-23-9-5-4-8-20(23)10-15-25(24)31/h1-16,31H,17-18H2,(H,29,32)/b28-16+. The Labute approximate surface area is 208 Å². The summed E-state index contributed by atoms with van der Waals surface area (Å²) in [5, 5.41) is 16.3. The molecule has 4 rings (SSSR count). The Balaban J connectivity index is 1.55. The zero-order valence-corrected chi connectivity index (χ0v) is 20.1. The van der Waals surface area contributed by atoms with Gasteiger partial charge in [0.2, 0.25) is 10.0 Å². The van der Waals surface area contributed by atoms with Gasteiger partial charge in [0.15, 0.2) is 0 Å². The van der Waals surface area contributed by atoms with Gasteiger partial charge in [-0.15, -0.1) is 0 Å². The van der Waals surface area contributed by atoms with Gasteiger partial charge in [0.1, 0.15) is 5.75 Å². The number of carbonyl (C=O) groups is 1. The molecule has 4 aromatic rings. The number of phenolic OH excluding ortho intramolecular Hbond substituents is 1. The van der Waals surface area contributed by atoms with Crippen LogP contribution in [0.25, 0.3) is 10.8 Å². The number of halogens is 1. The predicted molar refractivity (Wildman–Crippen MR) is 137 cm³/mol. The molecule has 0 aliphatic rings. The van der Waals surface area contributed by atoms with Crippen molar-refractivity contribution in [3.8, 4) is 5.75 Å². The number of fused-ring (bicyclic) bond motifs is 1. The van der Waals surface area contributed by atoms with Crippen LogP contribution in [-0.2, 0) is 21.4 Å². The number of benzene rings is 4. The van der Waals surface area contributed by atoms with Crippen molar-refractivity contribution in [1.29, 1.82) is 0 Å². The molecule has 4 aromatic carbocycles. The van der Waals surface area contributed by atoms with Crippen molar-refractivity contribution in [2.24, 2.45) is 5.10 Å². The second-order valence-corrected chi connectivity index (χ2v) is 10.1. The number of sulfonamides is 1. The maximum Gasteiger partial charge on any atom is 0.255 e. The fourth-order valence-corrected chi connectivity index (χ4v) is 5.06. The van der Waals surface area contributed by atoms with E-state index in [4.69, 9.17) is 11.6 Å². The Kier molecular flexibility index (Phi) is 7.45. The van der Waals surface area contributed by atoms with Crippen molar-refractivity contribution in [3.05, 3.63) is 107 Å². The van der Waals surface area contributed by atoms with Crippen LogP contribution in [0.1, 0.15) is 11.1 Å². The summed E-state index contributed by atoms with van der Waals surface area (Å²) in [6.07, 6.45) is 1.34. The Morgan fingerprint density at radius 2 is 1.63 bits per heavy atom. The van der Waals surface area contributed by atoms with Gasteiger partial charge in [-0.05, 0) is 46.7 Å². The first-order chi connectivity index (χ1) is 16.8. The summed E-state index contributed by atoms with van der Waals surface area (Å²) in [7, 11) is -4.00. The number of aromatic hydroxyl groups is 1. The lowest BCUT2D eigenvalue weighted by Crippen LogP contribution is -2.39. The highest BCUT2D eigenvalue weighted by Gasteiger charge is 2.27. The molecule has 0 bridgehead atoms. The van der Waals surface area contributed by atoms with Crippen molar-refractivity contribution in [3.63, 3.8) is 0 Å². The number of nitrogens with one attached hydrogen (secondary N) is 1. The van der Waals surface area contributed by atoms with Gasteiger partial charge in [-0.2, -0.15) is 9.41 Å². The molecule has 1 amide bonds. The molecule has 0 spiro atoms. The zero-order chi connectivity index (χ0) is 24.8. The molecular formula is C26H22ClN3O4S. The molecule has 7 nitrogen and oxygen atoms in total. The number of hydrogen-bond donors (Lipinski definition) is 2. The number of amides is 1. The molecule has 0 atom stereocenters. The maximum absolute atomic E-state index is 13.3. The Bertz CT molecular complexity index is 1470. The van der Waals surface area contributed by atoms with E-state index in [9.17, 15) is 18.3 Å². The molecule has 0 saturated heterocycles. The second kappa shape index (κ2) is 10.7. The predicted octanol–water partition coefficient (Wildman–Crippen LogP) is 4.54. The lowest BCUT2D eigenvalue weighted by molar-refractivity contribution is -0.121. The van der Waals surface area contributed by atoms with Crippen LogP contribution in [0.15, 0.2) is 101 Å². The van der Waals surface area contributed by atoms with Gasteiger partial charge >= 0.3 is 0 Å². The van der Waals surface area contributed by atoms with Crippen LogP contribution in [0.3, 0.4) is 0 Å². The molecule has 0 aromatic heterocycles. The van der Waals surface area contributed by atoms with Crippen molar-refractivity contribution < 1.29 is 18.3 Å². The van der Waals surface area contributed by atoms with Gasteiger partial charge in [0, 0.05) is 17.1 Å². The van der Waals surface area contributed by atoms with E-state index in [1.54, 1.807) is 36.4 Å². The number of nitrogens with zero attached hydrogens (tertiary/aromatic N) is 2. The van der Waals surface area contributed by atoms with E-state index in [-0.39, 0.29) is 17.2 Å². The molecule has 35 heavy (non-hydrogen) atoms. The summed E-state index contributed by atoms with van der Waals surface area (Å²) in [5.74, 6) is -0.618. The normalized spacial score (nSPS) is 11.8. The fraction of sp³-hybridized carbons (Fsp3) is 0.0769. The summed E-state index contributed by atoms with van der Waals surface area (Å²) in [5.41, 5.74) is 3.53. The number of hydrazone groups is 1. The summed E-state index contributed by atoms with van der Waals surface area (Å²) >= 11 is 5.90. The van der Waals surface area contributed by atoms with Gasteiger partial charge < -0.3 is 5.11 Å². The van der Waals surface area contributed by atoms with E-state index >= 15 is 0 Å². The molecule has 2 N–H and O–H groups in total. The van der Waals surface area contributed by atoms with Gasteiger partial charge in [0.25, 0.3) is 5.91 Å². The van der Waals surface area contributed by atoms with Crippen LogP contribution in [0.4, 0.5) is 0 Å². The Morgan fingerprint density at radius 3 is 2.37 bits per heavy atom. The topological polar surface area (TPSA) is 99.1 Å². The molecule has 0 heterocycles. The average Bonchev–Trinajstić information content (AvgIpc) is 2.86. The largest absolute Gasteiger partial charge is 0.507 e. The van der Waals surface area contributed by atoms with Gasteiger partial charge in [-0.3, -0.25) is 4.79 Å². The van der Waals surface area contributed by atoms with Crippen molar-refractivity contribution >= 4 is 44.5 Å². The number of hydrogen-bond acceptors (Lipinski definition) is 5. The first-order valence-corrected chi connectivity index (χ1v) is 12.5. The molecule has 178 valence electrons. The Morgan fingerprint density at radius 1 is 0.943 bits per heavy atom. The minimum absolute atomic E-state index is 0.00690. The summed E-state index contributed by atoms with van der Waals surface area (Å²) < 4.78 is 27.7. The van der Waals surface area contributed by atoms with E-state index in [2.05, 4.69) is 10.5 Å². The van der Waals surface area contributed by atoms with E-state index in [1.807, 2.05) is 30.3 Å². The van der Waals surface area contributed by atoms with Crippen molar-refractivity contribution in [2.75, 3.05) is 6.54 Å². The van der Waals surface area contributed by atoms with Crippen molar-refractivity contribution in [1.82, 2.24) is 9.73 Å². The molecule has 0 aliphatic carbocycles. The molecule has 0 saturated carbocycles. The van der Waals surface area contributed by atoms with Crippen molar-refractivity contribution in [2.45, 2.75) is 11.4 Å². The summed E-state index contributed by atoms with van der Waals surface area (Å²) in [6, 6.07) is 25.5. The number of rotatable bonds is 8. The third-order valence-corrected chi connectivity index (χ3v) is 7.36. The second-order valence-electron chi connectivity index (χ2n) is 7.73. The highest BCUT2D eigenvalue weighted by molar-refractivity contribution is 7.89. The third kappa shape index (κ3) is 5.86. The highest BCUT2D eigenvalue weighted by Crippen LogP contribution is 2.25. The van der Waals surface area contributed by atoms with Crippen LogP contribution in [0, 0.1) is 0 Å². The van der Waals surface area contributed by atoms with Crippen LogP contribution in [0.5, 0.6) is 5.75 Å². The lowest BCUT2D eigenvalue weighted by Gasteiger charge is -2.21. The molecule has 9 heteroatoms. The Hall–Kier alpha value is -3.72. The zero-order valence-electron chi connectivity index (χ0n) is 18.5. The fourth-order valence-electron chi connectivity index (χ4n) is 3.55. The first kappa shape index (κ1) is 24.4. The van der Waals surface area contributed by atoms with E-state index in [0.717, 1.165) is 20.6 Å². The van der Waals surface area contributed by atoms with Crippen LogP contribution >= 0.6 is 11.6 Å². The SMILES string of the molecule is O=C(CN(Cc1ccccc1)S(=O)(=O)c1ccc(Cl)cc1)N/N=C/c1c(O)ccc2ccccc12. The van der Waals surface area contributed by atoms with Gasteiger partial charge in [0.05, 0.1) is 17.7 Å². The maximum atomic E-state index is 13.3. The molecular weight excluding hydrogens is 486 g/mol. The van der Waals surface area contributed by atoms with E-state index in [1.165, 1.54) is 30.5 Å². The summed E-state index contributed by atoms with van der Waals surface area (Å²) in [6.45, 7) is -0.467. The van der Waals surface area contributed by atoms with Crippen LogP contribution in [-0.4, -0.2) is 36.5 Å². The van der Waals surface area contributed by atoms with Gasteiger partial charge in [-0.25, -0.2) is 13.8 Å². The quantitative estimate of drug-likeness (QED) is 0.270. The number of phenols is 1. The molecule has 0 radical (unpaired) electrons. The van der Waals surface area contributed by atoms with Crippen LogP contribution in [0.2, 0.25) is 5.02 Å². The van der Waals surface area contributed by atoms with E-state index in [0.29, 0.717) is 10.6 Å².